The molecule has 0 radical (unpaired) electrons. The molecule has 0 aliphatic heterocycles. The minimum Gasteiger partial charge on any atom is -0.481 e. The summed E-state index contributed by atoms with van der Waals surface area (Å²) in [5.41, 5.74) is 4.64. The van der Waals surface area contributed by atoms with Gasteiger partial charge in [0.25, 0.3) is 0 Å². The van der Waals surface area contributed by atoms with Gasteiger partial charge in [-0.2, -0.15) is 5.10 Å². The van der Waals surface area contributed by atoms with Crippen LogP contribution in [-0.2, 0) is 14.9 Å². The Labute approximate surface area is 196 Å². The van der Waals surface area contributed by atoms with E-state index >= 15 is 0 Å². The molecule has 3 aromatic heterocycles. The molecule has 3 heterocycles. The van der Waals surface area contributed by atoms with E-state index in [9.17, 15) is 14.3 Å². The largest absolute Gasteiger partial charge is 0.481 e. The zero-order valence-electron chi connectivity index (χ0n) is 20.1. The van der Waals surface area contributed by atoms with Gasteiger partial charge in [-0.15, -0.1) is 0 Å². The lowest BCUT2D eigenvalue weighted by atomic mass is 9.60. The van der Waals surface area contributed by atoms with Gasteiger partial charge in [0.15, 0.2) is 5.65 Å². The van der Waals surface area contributed by atoms with E-state index in [-0.39, 0.29) is 11.7 Å². The number of carboxylic acids is 1. The second kappa shape index (κ2) is 7.63. The summed E-state index contributed by atoms with van der Waals surface area (Å²) >= 11 is 0. The van der Waals surface area contributed by atoms with Crippen LogP contribution in [0.15, 0.2) is 30.5 Å². The molecule has 0 saturated heterocycles. The van der Waals surface area contributed by atoms with Gasteiger partial charge < -0.3 is 14.4 Å². The number of rotatable bonds is 6. The Morgan fingerprint density at radius 1 is 1.35 bits per heavy atom. The van der Waals surface area contributed by atoms with Crippen molar-refractivity contribution in [2.75, 3.05) is 13.7 Å². The topological polar surface area (TPSA) is 93.0 Å². The van der Waals surface area contributed by atoms with Crippen molar-refractivity contribution in [2.45, 2.75) is 51.9 Å². The van der Waals surface area contributed by atoms with E-state index in [0.717, 1.165) is 33.4 Å². The van der Waals surface area contributed by atoms with E-state index in [1.165, 1.54) is 6.07 Å². The number of aliphatic carboxylic acids is 1. The fourth-order valence-electron chi connectivity index (χ4n) is 5.52. The molecule has 1 aliphatic carbocycles. The Kier molecular flexibility index (Phi) is 5.06. The number of aromatic nitrogens is 4. The highest BCUT2D eigenvalue weighted by Crippen LogP contribution is 2.55. The third-order valence-corrected chi connectivity index (χ3v) is 7.25. The molecule has 34 heavy (non-hydrogen) atoms. The van der Waals surface area contributed by atoms with E-state index in [2.05, 4.69) is 28.6 Å². The zero-order valence-corrected chi connectivity index (χ0v) is 20.1. The Morgan fingerprint density at radius 2 is 2.09 bits per heavy atom. The number of halogens is 1. The fourth-order valence-corrected chi connectivity index (χ4v) is 5.52. The number of H-pyrrole nitrogens is 1. The van der Waals surface area contributed by atoms with Crippen LogP contribution in [0.2, 0.25) is 0 Å². The van der Waals surface area contributed by atoms with Crippen LogP contribution < -0.4 is 0 Å². The van der Waals surface area contributed by atoms with Crippen LogP contribution in [0.1, 0.15) is 56.4 Å². The van der Waals surface area contributed by atoms with Crippen LogP contribution in [0.4, 0.5) is 4.39 Å². The first kappa shape index (κ1) is 22.5. The number of hydrogen-bond donors (Lipinski definition) is 2. The summed E-state index contributed by atoms with van der Waals surface area (Å²) in [4.78, 5) is 16.8. The van der Waals surface area contributed by atoms with Crippen molar-refractivity contribution in [1.29, 1.82) is 0 Å². The molecule has 0 bridgehead atoms. The molecule has 0 spiro atoms. The Balaban J connectivity index is 1.86. The molecule has 4 aromatic rings. The van der Waals surface area contributed by atoms with Crippen LogP contribution in [0.5, 0.6) is 0 Å². The number of methoxy groups -OCH3 is 1. The molecule has 8 heteroatoms. The number of carbonyl (C=O) groups is 1. The first-order valence-corrected chi connectivity index (χ1v) is 11.4. The van der Waals surface area contributed by atoms with E-state index in [0.29, 0.717) is 30.7 Å². The second-order valence-electron chi connectivity index (χ2n) is 10.5. The number of aromatic amines is 1. The third kappa shape index (κ3) is 3.31. The van der Waals surface area contributed by atoms with Crippen molar-refractivity contribution >= 4 is 28.0 Å². The minimum absolute atomic E-state index is 0.0328. The Morgan fingerprint density at radius 3 is 2.74 bits per heavy atom. The maximum Gasteiger partial charge on any atom is 0.309 e. The summed E-state index contributed by atoms with van der Waals surface area (Å²) in [6.45, 7) is 8.24. The van der Waals surface area contributed by atoms with Gasteiger partial charge in [-0.1, -0.05) is 13.8 Å². The van der Waals surface area contributed by atoms with Crippen LogP contribution in [0.25, 0.3) is 27.8 Å². The second-order valence-corrected chi connectivity index (χ2v) is 10.5. The lowest BCUT2D eigenvalue weighted by molar-refractivity contribution is -0.154. The highest BCUT2D eigenvalue weighted by atomic mass is 19.1. The number of benzene rings is 1. The van der Waals surface area contributed by atoms with Crippen molar-refractivity contribution in [2.24, 2.45) is 5.41 Å². The number of hydrogen-bond acceptors (Lipinski definition) is 4. The molecule has 0 amide bonds. The normalized spacial score (nSPS) is 20.7. The minimum atomic E-state index is -0.775. The fraction of sp³-hybridized carbons (Fsp3) is 0.423. The van der Waals surface area contributed by atoms with E-state index in [4.69, 9.17) is 9.72 Å². The average Bonchev–Trinajstić information content (AvgIpc) is 3.33. The molecule has 178 valence electrons. The van der Waals surface area contributed by atoms with Crippen LogP contribution >= 0.6 is 0 Å². The predicted octanol–water partition coefficient (Wildman–Crippen LogP) is 5.24. The first-order valence-electron chi connectivity index (χ1n) is 11.4. The third-order valence-electron chi connectivity index (χ3n) is 7.25. The van der Waals surface area contributed by atoms with E-state index in [1.54, 1.807) is 33.2 Å². The lowest BCUT2D eigenvalue weighted by Crippen LogP contribution is -2.41. The standard InChI is InChI=1S/C26H29FN4O3/c1-14-8-17(6-7-18(14)27)31-19-9-15-12-28-30-23(15)29-21(19)20(22(31)25(2,3)13-34-5)16-10-26(4,11-16)24(32)33/h6-9,12,16H,10-11,13H2,1-5H3,(H,32,33)(H,28,29,30)/t16-,26-. The van der Waals surface area contributed by atoms with Crippen LogP contribution in [0, 0.1) is 18.2 Å². The number of nitrogens with zero attached hydrogens (tertiary/aromatic N) is 3. The first-order chi connectivity index (χ1) is 16.1. The molecule has 1 fully saturated rings. The van der Waals surface area contributed by atoms with Gasteiger partial charge in [0.1, 0.15) is 5.82 Å². The van der Waals surface area contributed by atoms with Gasteiger partial charge in [-0.05, 0) is 62.4 Å². The summed E-state index contributed by atoms with van der Waals surface area (Å²) in [5.74, 6) is -1.00. The number of aryl methyl sites for hydroxylation is 1. The number of carboxylic acid groups (broad SMARTS) is 1. The molecule has 0 unspecified atom stereocenters. The maximum absolute atomic E-state index is 14.2. The Bertz CT molecular complexity index is 1430. The van der Waals surface area contributed by atoms with Gasteiger partial charge in [0.05, 0.1) is 29.3 Å². The van der Waals surface area contributed by atoms with Crippen molar-refractivity contribution in [3.8, 4) is 5.69 Å². The zero-order chi connectivity index (χ0) is 24.4. The van der Waals surface area contributed by atoms with E-state index in [1.807, 2.05) is 12.1 Å². The van der Waals surface area contributed by atoms with Gasteiger partial charge in [-0.3, -0.25) is 9.89 Å². The smallest absolute Gasteiger partial charge is 0.309 e. The van der Waals surface area contributed by atoms with Gasteiger partial charge in [0, 0.05) is 34.9 Å². The summed E-state index contributed by atoms with van der Waals surface area (Å²) in [5, 5.41) is 17.7. The maximum atomic E-state index is 14.2. The molecule has 1 saturated carbocycles. The van der Waals surface area contributed by atoms with E-state index < -0.39 is 16.8 Å². The molecular formula is C26H29FN4O3. The summed E-state index contributed by atoms with van der Waals surface area (Å²) < 4.78 is 22.0. The van der Waals surface area contributed by atoms with Crippen molar-refractivity contribution in [3.05, 3.63) is 53.1 Å². The van der Waals surface area contributed by atoms with Crippen molar-refractivity contribution in [1.82, 2.24) is 19.7 Å². The SMILES string of the molecule is COCC(C)(C)c1c([C@H]2C[C@](C)(C(=O)O)C2)c2nc3[nH]ncc3cc2n1-c1ccc(F)c(C)c1. The van der Waals surface area contributed by atoms with Crippen LogP contribution in [-0.4, -0.2) is 44.5 Å². The van der Waals surface area contributed by atoms with Gasteiger partial charge >= 0.3 is 5.97 Å². The molecular weight excluding hydrogens is 435 g/mol. The molecule has 0 atom stereocenters. The summed E-state index contributed by atoms with van der Waals surface area (Å²) in [6.07, 6.45) is 2.80. The number of nitrogens with one attached hydrogen (secondary N) is 1. The van der Waals surface area contributed by atoms with Gasteiger partial charge in [-0.25, -0.2) is 9.37 Å². The summed E-state index contributed by atoms with van der Waals surface area (Å²) in [6, 6.07) is 7.15. The number of pyridine rings is 1. The average molecular weight is 465 g/mol. The highest BCUT2D eigenvalue weighted by molar-refractivity contribution is 5.94. The monoisotopic (exact) mass is 464 g/mol. The van der Waals surface area contributed by atoms with Crippen molar-refractivity contribution < 1.29 is 19.0 Å². The predicted molar refractivity (Wildman–Crippen MR) is 128 cm³/mol. The molecule has 7 nitrogen and oxygen atoms in total. The van der Waals surface area contributed by atoms with Crippen LogP contribution in [0.3, 0.4) is 0 Å². The number of fused-ring (bicyclic) bond motifs is 2. The quantitative estimate of drug-likeness (QED) is 0.407. The Hall–Kier alpha value is -3.26. The molecule has 5 rings (SSSR count). The summed E-state index contributed by atoms with van der Waals surface area (Å²) in [7, 11) is 1.68. The number of ether oxygens (including phenoxy) is 1. The van der Waals surface area contributed by atoms with Gasteiger partial charge in [0.2, 0.25) is 0 Å². The molecule has 2 N–H and O–H groups in total. The molecule has 1 aliphatic rings. The molecule has 1 aromatic carbocycles. The highest BCUT2D eigenvalue weighted by Gasteiger charge is 2.50. The van der Waals surface area contributed by atoms with Crippen molar-refractivity contribution in [3.63, 3.8) is 0 Å². The lowest BCUT2D eigenvalue weighted by Gasteiger charge is -2.43.